The molecule has 0 aromatic heterocycles. The quantitative estimate of drug-likeness (QED) is 0.775. The molecule has 108 valence electrons. The molecule has 5 heteroatoms. The van der Waals surface area contributed by atoms with E-state index in [9.17, 15) is 4.79 Å². The van der Waals surface area contributed by atoms with Gasteiger partial charge in [-0.25, -0.2) is 0 Å². The van der Waals surface area contributed by atoms with E-state index in [-0.39, 0.29) is 18.6 Å². The van der Waals surface area contributed by atoms with E-state index in [2.05, 4.69) is 6.26 Å². The monoisotopic (exact) mass is 292 g/mol. The van der Waals surface area contributed by atoms with Crippen LogP contribution in [0.2, 0.25) is 0 Å². The minimum absolute atomic E-state index is 0.0198. The molecule has 0 radical (unpaired) electrons. The molecule has 1 aromatic carbocycles. The highest BCUT2D eigenvalue weighted by Crippen LogP contribution is 2.12. The fourth-order valence-corrected chi connectivity index (χ4v) is 2.18. The number of rotatable bonds is 7. The zero-order chi connectivity index (χ0) is 15.0. The molecule has 0 aliphatic carbocycles. The number of carbonyl (C=O) groups is 1. The van der Waals surface area contributed by atoms with Gasteiger partial charge in [-0.3, -0.25) is 4.79 Å². The number of nitrogens with zero attached hydrogens (tertiary/aromatic N) is 2. The molecule has 4 nitrogen and oxygen atoms in total. The number of thioether (sulfide) groups is 1. The molecule has 0 heterocycles. The van der Waals surface area contributed by atoms with Gasteiger partial charge in [-0.05, 0) is 49.6 Å². The summed E-state index contributed by atoms with van der Waals surface area (Å²) in [7, 11) is 1.80. The summed E-state index contributed by atoms with van der Waals surface area (Å²) in [6.07, 6.45) is 3.03. The maximum absolute atomic E-state index is 12.0. The van der Waals surface area contributed by atoms with Gasteiger partial charge >= 0.3 is 0 Å². The highest BCUT2D eigenvalue weighted by Gasteiger charge is 2.15. The summed E-state index contributed by atoms with van der Waals surface area (Å²) in [4.78, 5) is 13.7. The molecule has 0 N–H and O–H groups in total. The smallest absolute Gasteiger partial charge is 0.260 e. The second-order valence-electron chi connectivity index (χ2n) is 4.56. The van der Waals surface area contributed by atoms with Gasteiger partial charge in [0.15, 0.2) is 6.61 Å². The molecule has 0 saturated carbocycles. The first-order valence-electron chi connectivity index (χ1n) is 6.46. The van der Waals surface area contributed by atoms with Gasteiger partial charge in [0.25, 0.3) is 5.91 Å². The SMILES string of the molecule is CSCCC(C)N(C)C(=O)COc1ccc(C#N)cc1. The van der Waals surface area contributed by atoms with Crippen molar-refractivity contribution < 1.29 is 9.53 Å². The second-order valence-corrected chi connectivity index (χ2v) is 5.55. The Hall–Kier alpha value is -1.67. The van der Waals surface area contributed by atoms with Gasteiger partial charge in [-0.2, -0.15) is 17.0 Å². The zero-order valence-electron chi connectivity index (χ0n) is 12.1. The lowest BCUT2D eigenvalue weighted by Gasteiger charge is -2.24. The fraction of sp³-hybridized carbons (Fsp3) is 0.467. The predicted octanol–water partition coefficient (Wildman–Crippen LogP) is 2.54. The summed E-state index contributed by atoms with van der Waals surface area (Å²) in [5.74, 6) is 1.60. The van der Waals surface area contributed by atoms with E-state index in [1.54, 1.807) is 48.0 Å². The first-order valence-corrected chi connectivity index (χ1v) is 7.85. The minimum atomic E-state index is -0.0389. The van der Waals surface area contributed by atoms with Crippen molar-refractivity contribution in [3.63, 3.8) is 0 Å². The van der Waals surface area contributed by atoms with Crippen LogP contribution in [0.15, 0.2) is 24.3 Å². The molecule has 1 rings (SSSR count). The van der Waals surface area contributed by atoms with Gasteiger partial charge in [-0.1, -0.05) is 0 Å². The van der Waals surface area contributed by atoms with E-state index in [1.807, 2.05) is 13.0 Å². The maximum atomic E-state index is 12.0. The van der Waals surface area contributed by atoms with E-state index < -0.39 is 0 Å². The fourth-order valence-electron chi connectivity index (χ4n) is 1.60. The number of hydrogen-bond acceptors (Lipinski definition) is 4. The van der Waals surface area contributed by atoms with Crippen molar-refractivity contribution in [2.24, 2.45) is 0 Å². The van der Waals surface area contributed by atoms with Gasteiger partial charge in [-0.15, -0.1) is 0 Å². The molecular formula is C15H20N2O2S. The molecule has 0 bridgehead atoms. The van der Waals surface area contributed by atoms with Crippen LogP contribution in [0.5, 0.6) is 5.75 Å². The Morgan fingerprint density at radius 1 is 1.45 bits per heavy atom. The average Bonchev–Trinajstić information content (AvgIpc) is 2.49. The number of carbonyl (C=O) groups excluding carboxylic acids is 1. The Bertz CT molecular complexity index is 468. The predicted molar refractivity (Wildman–Crippen MR) is 81.9 cm³/mol. The van der Waals surface area contributed by atoms with Crippen molar-refractivity contribution in [2.75, 3.05) is 25.7 Å². The number of hydrogen-bond donors (Lipinski definition) is 0. The van der Waals surface area contributed by atoms with Gasteiger partial charge in [0.05, 0.1) is 11.6 Å². The Labute approximate surface area is 124 Å². The van der Waals surface area contributed by atoms with Crippen LogP contribution >= 0.6 is 11.8 Å². The van der Waals surface area contributed by atoms with Crippen molar-refractivity contribution in [1.82, 2.24) is 4.90 Å². The summed E-state index contributed by atoms with van der Waals surface area (Å²) in [6.45, 7) is 2.06. The van der Waals surface area contributed by atoms with Crippen LogP contribution in [0.1, 0.15) is 18.9 Å². The first kappa shape index (κ1) is 16.4. The van der Waals surface area contributed by atoms with Crippen molar-refractivity contribution in [1.29, 1.82) is 5.26 Å². The summed E-state index contributed by atoms with van der Waals surface area (Å²) >= 11 is 1.78. The Morgan fingerprint density at radius 2 is 2.10 bits per heavy atom. The van der Waals surface area contributed by atoms with Gasteiger partial charge in [0.2, 0.25) is 0 Å². The molecule has 0 spiro atoms. The van der Waals surface area contributed by atoms with E-state index in [4.69, 9.17) is 10.00 Å². The van der Waals surface area contributed by atoms with Crippen LogP contribution in [0, 0.1) is 11.3 Å². The molecule has 1 unspecified atom stereocenters. The highest BCUT2D eigenvalue weighted by atomic mass is 32.2. The first-order chi connectivity index (χ1) is 9.58. The highest BCUT2D eigenvalue weighted by molar-refractivity contribution is 7.98. The molecule has 0 saturated heterocycles. The number of nitriles is 1. The molecular weight excluding hydrogens is 272 g/mol. The number of likely N-dealkylation sites (N-methyl/N-ethyl adjacent to an activating group) is 1. The topological polar surface area (TPSA) is 53.3 Å². The standard InChI is InChI=1S/C15H20N2O2S/c1-12(8-9-20-3)17(2)15(18)11-19-14-6-4-13(10-16)5-7-14/h4-7,12H,8-9,11H2,1-3H3. The lowest BCUT2D eigenvalue weighted by atomic mass is 10.2. The third kappa shape index (κ3) is 5.14. The lowest BCUT2D eigenvalue weighted by molar-refractivity contribution is -0.133. The molecule has 1 atom stereocenters. The van der Waals surface area contributed by atoms with Gasteiger partial charge in [0.1, 0.15) is 5.75 Å². The van der Waals surface area contributed by atoms with Gasteiger partial charge < -0.3 is 9.64 Å². The largest absolute Gasteiger partial charge is 0.484 e. The van der Waals surface area contributed by atoms with Crippen LogP contribution in [0.4, 0.5) is 0 Å². The Kier molecular flexibility index (Phi) is 6.96. The normalized spacial score (nSPS) is 11.5. The summed E-state index contributed by atoms with van der Waals surface area (Å²) < 4.78 is 5.44. The van der Waals surface area contributed by atoms with Crippen molar-refractivity contribution in [3.8, 4) is 11.8 Å². The summed E-state index contributed by atoms with van der Waals surface area (Å²) in [5.41, 5.74) is 0.575. The molecule has 20 heavy (non-hydrogen) atoms. The molecule has 1 aromatic rings. The lowest BCUT2D eigenvalue weighted by Crippen LogP contribution is -2.38. The number of amides is 1. The average molecular weight is 292 g/mol. The third-order valence-electron chi connectivity index (χ3n) is 3.14. The molecule has 0 aliphatic rings. The van der Waals surface area contributed by atoms with E-state index in [0.717, 1.165) is 12.2 Å². The van der Waals surface area contributed by atoms with Crippen LogP contribution in [-0.2, 0) is 4.79 Å². The zero-order valence-corrected chi connectivity index (χ0v) is 12.9. The molecule has 0 aliphatic heterocycles. The van der Waals surface area contributed by atoms with E-state index in [1.165, 1.54) is 0 Å². The van der Waals surface area contributed by atoms with Gasteiger partial charge in [0, 0.05) is 13.1 Å². The summed E-state index contributed by atoms with van der Waals surface area (Å²) in [5, 5.41) is 8.70. The van der Waals surface area contributed by atoms with Crippen LogP contribution in [-0.4, -0.2) is 42.5 Å². The maximum Gasteiger partial charge on any atom is 0.260 e. The number of ether oxygens (including phenoxy) is 1. The van der Waals surface area contributed by atoms with E-state index >= 15 is 0 Å². The van der Waals surface area contributed by atoms with Crippen molar-refractivity contribution in [3.05, 3.63) is 29.8 Å². The Morgan fingerprint density at radius 3 is 2.65 bits per heavy atom. The van der Waals surface area contributed by atoms with Crippen LogP contribution < -0.4 is 4.74 Å². The van der Waals surface area contributed by atoms with E-state index in [0.29, 0.717) is 11.3 Å². The van der Waals surface area contributed by atoms with Crippen molar-refractivity contribution >= 4 is 17.7 Å². The molecule has 0 fully saturated rings. The van der Waals surface area contributed by atoms with Crippen LogP contribution in [0.25, 0.3) is 0 Å². The summed E-state index contributed by atoms with van der Waals surface area (Å²) in [6, 6.07) is 8.98. The second kappa shape index (κ2) is 8.49. The number of benzene rings is 1. The third-order valence-corrected chi connectivity index (χ3v) is 3.78. The van der Waals surface area contributed by atoms with Crippen molar-refractivity contribution in [2.45, 2.75) is 19.4 Å². The minimum Gasteiger partial charge on any atom is -0.484 e. The van der Waals surface area contributed by atoms with Crippen LogP contribution in [0.3, 0.4) is 0 Å². The molecule has 1 amide bonds. The Balaban J connectivity index is 2.43.